The Hall–Kier alpha value is -3.72. The van der Waals surface area contributed by atoms with Crippen LogP contribution in [-0.4, -0.2) is 42.2 Å². The highest BCUT2D eigenvalue weighted by Crippen LogP contribution is 2.38. The van der Waals surface area contributed by atoms with Gasteiger partial charge in [-0.25, -0.2) is 8.42 Å². The van der Waals surface area contributed by atoms with Crippen molar-refractivity contribution in [3.05, 3.63) is 72.3 Å². The van der Waals surface area contributed by atoms with Crippen LogP contribution in [0.25, 0.3) is 0 Å². The highest BCUT2D eigenvalue weighted by molar-refractivity contribution is 7.92. The first-order valence-electron chi connectivity index (χ1n) is 10.1. The van der Waals surface area contributed by atoms with Crippen LogP contribution in [0.1, 0.15) is 5.56 Å². The molecule has 0 radical (unpaired) electrons. The van der Waals surface area contributed by atoms with Gasteiger partial charge in [0.1, 0.15) is 0 Å². The van der Waals surface area contributed by atoms with Crippen LogP contribution in [0.2, 0.25) is 0 Å². The summed E-state index contributed by atoms with van der Waals surface area (Å²) in [7, 11) is 0.667. The van der Waals surface area contributed by atoms with Crippen LogP contribution in [0.15, 0.2) is 71.6 Å². The predicted molar refractivity (Wildman–Crippen MR) is 127 cm³/mol. The first kappa shape index (κ1) is 23.9. The predicted octanol–water partition coefficient (Wildman–Crippen LogP) is 3.85. The molecule has 0 saturated heterocycles. The number of aryl methyl sites for hydroxylation is 1. The molecule has 3 aromatic rings. The molecule has 0 saturated carbocycles. The van der Waals surface area contributed by atoms with Crippen molar-refractivity contribution in [2.24, 2.45) is 0 Å². The fourth-order valence-electron chi connectivity index (χ4n) is 3.16. The van der Waals surface area contributed by atoms with E-state index < -0.39 is 15.9 Å². The molecule has 0 unspecified atom stereocenters. The lowest BCUT2D eigenvalue weighted by atomic mass is 10.2. The van der Waals surface area contributed by atoms with Crippen LogP contribution in [0.3, 0.4) is 0 Å². The van der Waals surface area contributed by atoms with Gasteiger partial charge in [-0.2, -0.15) is 0 Å². The Bertz CT molecular complexity index is 1200. The monoisotopic (exact) mass is 470 g/mol. The number of para-hydroxylation sites is 1. The van der Waals surface area contributed by atoms with Crippen LogP contribution < -0.4 is 23.8 Å². The van der Waals surface area contributed by atoms with E-state index in [0.29, 0.717) is 28.6 Å². The van der Waals surface area contributed by atoms with Crippen molar-refractivity contribution in [1.82, 2.24) is 0 Å². The molecule has 174 valence electrons. The van der Waals surface area contributed by atoms with Crippen LogP contribution in [0.4, 0.5) is 11.4 Å². The Labute approximate surface area is 193 Å². The van der Waals surface area contributed by atoms with Gasteiger partial charge in [0.15, 0.2) is 18.1 Å². The molecule has 8 nitrogen and oxygen atoms in total. The summed E-state index contributed by atoms with van der Waals surface area (Å²) in [5.74, 6) is 0.723. The van der Waals surface area contributed by atoms with E-state index in [0.717, 1.165) is 5.56 Å². The van der Waals surface area contributed by atoms with E-state index in [4.69, 9.17) is 14.2 Å². The first-order chi connectivity index (χ1) is 15.8. The molecule has 0 bridgehead atoms. The summed E-state index contributed by atoms with van der Waals surface area (Å²) >= 11 is 0. The van der Waals surface area contributed by atoms with Crippen molar-refractivity contribution in [2.45, 2.75) is 11.8 Å². The van der Waals surface area contributed by atoms with Crippen molar-refractivity contribution in [3.63, 3.8) is 0 Å². The number of hydrogen-bond donors (Lipinski definition) is 1. The number of carbonyl (C=O) groups excluding carboxylic acids is 1. The van der Waals surface area contributed by atoms with Crippen LogP contribution in [0, 0.1) is 6.92 Å². The van der Waals surface area contributed by atoms with E-state index in [9.17, 15) is 13.2 Å². The minimum Gasteiger partial charge on any atom is -0.493 e. The topological polar surface area (TPSA) is 94.2 Å². The van der Waals surface area contributed by atoms with Crippen LogP contribution in [-0.2, 0) is 14.8 Å². The SMILES string of the molecule is COc1cc(C)cc(OC)c1OCC(=O)Nc1cccc(S(=O)(=O)N(C)c2ccccc2)c1. The number of hydrogen-bond acceptors (Lipinski definition) is 6. The Kier molecular flexibility index (Phi) is 7.44. The molecule has 33 heavy (non-hydrogen) atoms. The Morgan fingerprint density at radius 1 is 0.939 bits per heavy atom. The smallest absolute Gasteiger partial charge is 0.264 e. The van der Waals surface area contributed by atoms with Crippen molar-refractivity contribution in [1.29, 1.82) is 0 Å². The number of sulfonamides is 1. The molecule has 1 N–H and O–H groups in total. The molecule has 1 amide bonds. The minimum absolute atomic E-state index is 0.0504. The summed E-state index contributed by atoms with van der Waals surface area (Å²) < 4.78 is 43.5. The third-order valence-corrected chi connectivity index (χ3v) is 6.63. The second-order valence-corrected chi connectivity index (χ2v) is 9.14. The zero-order valence-corrected chi connectivity index (χ0v) is 19.7. The summed E-state index contributed by atoms with van der Waals surface area (Å²) in [5, 5.41) is 2.66. The number of benzene rings is 3. The third kappa shape index (κ3) is 5.56. The molecular formula is C24H26N2O6S. The maximum absolute atomic E-state index is 13.0. The van der Waals surface area contributed by atoms with Gasteiger partial charge in [-0.05, 0) is 55.0 Å². The van der Waals surface area contributed by atoms with Gasteiger partial charge in [0.05, 0.1) is 24.8 Å². The fraction of sp³-hybridized carbons (Fsp3) is 0.208. The zero-order valence-electron chi connectivity index (χ0n) is 18.9. The van der Waals surface area contributed by atoms with Crippen molar-refractivity contribution >= 4 is 27.3 Å². The molecule has 3 rings (SSSR count). The first-order valence-corrected chi connectivity index (χ1v) is 11.5. The van der Waals surface area contributed by atoms with E-state index in [1.54, 1.807) is 48.5 Å². The average Bonchev–Trinajstić information content (AvgIpc) is 2.82. The molecule has 0 aliphatic carbocycles. The molecule has 0 fully saturated rings. The molecule has 0 aliphatic heterocycles. The second kappa shape index (κ2) is 10.3. The van der Waals surface area contributed by atoms with Gasteiger partial charge >= 0.3 is 0 Å². The van der Waals surface area contributed by atoms with Gasteiger partial charge in [0, 0.05) is 12.7 Å². The number of ether oxygens (including phenoxy) is 3. The fourth-order valence-corrected chi connectivity index (χ4v) is 4.40. The van der Waals surface area contributed by atoms with E-state index >= 15 is 0 Å². The van der Waals surface area contributed by atoms with Gasteiger partial charge in [-0.1, -0.05) is 24.3 Å². The Morgan fingerprint density at radius 2 is 1.58 bits per heavy atom. The number of nitrogens with zero attached hydrogens (tertiary/aromatic N) is 1. The number of anilines is 2. The standard InChI is InChI=1S/C24H26N2O6S/c1-17-13-21(30-3)24(22(14-17)31-4)32-16-23(27)25-18-9-8-12-20(15-18)33(28,29)26(2)19-10-6-5-7-11-19/h5-15H,16H2,1-4H3,(H,25,27). The Balaban J connectivity index is 1.73. The Morgan fingerprint density at radius 3 is 2.18 bits per heavy atom. The molecule has 0 aliphatic rings. The number of amides is 1. The quantitative estimate of drug-likeness (QED) is 0.511. The largest absolute Gasteiger partial charge is 0.493 e. The van der Waals surface area contributed by atoms with Gasteiger partial charge < -0.3 is 19.5 Å². The molecule has 0 spiro atoms. The maximum Gasteiger partial charge on any atom is 0.264 e. The highest BCUT2D eigenvalue weighted by atomic mass is 32.2. The minimum atomic E-state index is -3.81. The number of carbonyl (C=O) groups is 1. The molecule has 3 aromatic carbocycles. The lowest BCUT2D eigenvalue weighted by Crippen LogP contribution is -2.26. The van der Waals surface area contributed by atoms with Crippen molar-refractivity contribution < 1.29 is 27.4 Å². The van der Waals surface area contributed by atoms with E-state index in [1.807, 2.05) is 13.0 Å². The second-order valence-electron chi connectivity index (χ2n) is 7.17. The summed E-state index contributed by atoms with van der Waals surface area (Å²) in [4.78, 5) is 12.5. The summed E-state index contributed by atoms with van der Waals surface area (Å²) in [6.45, 7) is 1.56. The number of methoxy groups -OCH3 is 2. The highest BCUT2D eigenvalue weighted by Gasteiger charge is 2.22. The van der Waals surface area contributed by atoms with E-state index in [2.05, 4.69) is 5.32 Å². The average molecular weight is 471 g/mol. The van der Waals surface area contributed by atoms with Gasteiger partial charge in [-0.15, -0.1) is 0 Å². The van der Waals surface area contributed by atoms with Crippen molar-refractivity contribution in [2.75, 3.05) is 37.5 Å². The summed E-state index contributed by atoms with van der Waals surface area (Å²) in [6.07, 6.45) is 0. The lowest BCUT2D eigenvalue weighted by molar-refractivity contribution is -0.118. The number of rotatable bonds is 9. The normalized spacial score (nSPS) is 10.9. The van der Waals surface area contributed by atoms with Crippen LogP contribution in [0.5, 0.6) is 17.2 Å². The van der Waals surface area contributed by atoms with Gasteiger partial charge in [0.2, 0.25) is 5.75 Å². The van der Waals surface area contributed by atoms with E-state index in [-0.39, 0.29) is 11.5 Å². The molecular weight excluding hydrogens is 444 g/mol. The summed E-state index contributed by atoms with van der Waals surface area (Å²) in [5.41, 5.74) is 1.77. The van der Waals surface area contributed by atoms with E-state index in [1.165, 1.54) is 37.7 Å². The number of nitrogens with one attached hydrogen (secondary N) is 1. The zero-order chi connectivity index (χ0) is 24.0. The maximum atomic E-state index is 13.0. The molecule has 0 aromatic heterocycles. The van der Waals surface area contributed by atoms with Crippen molar-refractivity contribution in [3.8, 4) is 17.2 Å². The molecule has 0 heterocycles. The van der Waals surface area contributed by atoms with Gasteiger partial charge in [0.25, 0.3) is 15.9 Å². The summed E-state index contributed by atoms with van der Waals surface area (Å²) in [6, 6.07) is 18.3. The third-order valence-electron chi connectivity index (χ3n) is 4.85. The molecule has 9 heteroatoms. The van der Waals surface area contributed by atoms with Crippen LogP contribution >= 0.6 is 0 Å². The lowest BCUT2D eigenvalue weighted by Gasteiger charge is -2.20. The van der Waals surface area contributed by atoms with Gasteiger partial charge in [-0.3, -0.25) is 9.10 Å². The molecule has 0 atom stereocenters.